The monoisotopic (exact) mass is 534 g/mol. The van der Waals surface area contributed by atoms with E-state index in [2.05, 4.69) is 13.8 Å². The molecule has 0 spiro atoms. The van der Waals surface area contributed by atoms with E-state index in [9.17, 15) is 15.0 Å². The number of piperidine rings is 1. The van der Waals surface area contributed by atoms with Crippen LogP contribution in [0, 0.1) is 34.5 Å². The Labute approximate surface area is 223 Å². The van der Waals surface area contributed by atoms with Crippen molar-refractivity contribution in [2.24, 2.45) is 40.2 Å². The highest BCUT2D eigenvalue weighted by molar-refractivity contribution is 5.85. The maximum absolute atomic E-state index is 12.7. The Hall–Kier alpha value is -0.270. The molecule has 5 fully saturated rings. The van der Waals surface area contributed by atoms with Crippen molar-refractivity contribution in [3.05, 3.63) is 0 Å². The van der Waals surface area contributed by atoms with Crippen LogP contribution >= 0.6 is 24.8 Å². The zero-order chi connectivity index (χ0) is 23.6. The van der Waals surface area contributed by atoms with E-state index in [4.69, 9.17) is 10.5 Å². The fraction of sp³-hybridized carbons (Fsp3) is 0.963. The first-order valence-electron chi connectivity index (χ1n) is 13.7. The van der Waals surface area contributed by atoms with Crippen LogP contribution in [0.2, 0.25) is 0 Å². The number of carbonyl (C=O) groups excluding carboxylic acids is 1. The third-order valence-electron chi connectivity index (χ3n) is 11.6. The van der Waals surface area contributed by atoms with Crippen molar-refractivity contribution >= 4 is 30.9 Å². The maximum atomic E-state index is 12.7. The second-order valence-electron chi connectivity index (χ2n) is 12.9. The first kappa shape index (κ1) is 29.3. The lowest BCUT2D eigenvalue weighted by Crippen LogP contribution is -2.67. The summed E-state index contributed by atoms with van der Waals surface area (Å²) in [6.07, 6.45) is 10.4. The van der Waals surface area contributed by atoms with E-state index in [1.54, 1.807) is 4.90 Å². The molecule has 4 aliphatic carbocycles. The number of fused-ring (bicyclic) bond motifs is 5. The minimum absolute atomic E-state index is 0. The molecule has 0 aromatic carbocycles. The molecular formula is C27H48Cl2N2O4. The summed E-state index contributed by atoms with van der Waals surface area (Å²) < 4.78 is 5.99. The van der Waals surface area contributed by atoms with Gasteiger partial charge in [0, 0.05) is 18.6 Å². The van der Waals surface area contributed by atoms with Crippen molar-refractivity contribution in [2.45, 2.75) is 115 Å². The van der Waals surface area contributed by atoms with Crippen molar-refractivity contribution in [1.82, 2.24) is 4.90 Å². The highest BCUT2D eigenvalue weighted by Gasteiger charge is 2.66. The van der Waals surface area contributed by atoms with E-state index >= 15 is 0 Å². The number of halogens is 2. The first-order chi connectivity index (χ1) is 15.6. The van der Waals surface area contributed by atoms with Crippen molar-refractivity contribution in [3.63, 3.8) is 0 Å². The Morgan fingerprint density at radius 3 is 2.31 bits per heavy atom. The topological polar surface area (TPSA) is 96.0 Å². The lowest BCUT2D eigenvalue weighted by atomic mass is 9.42. The lowest BCUT2D eigenvalue weighted by Gasteiger charge is -2.64. The summed E-state index contributed by atoms with van der Waals surface area (Å²) in [7, 11) is 0. The molecule has 5 aliphatic rings. The molecule has 4 N–H and O–H groups in total. The van der Waals surface area contributed by atoms with Crippen LogP contribution in [0.4, 0.5) is 4.79 Å². The average molecular weight is 536 g/mol. The first-order valence-corrected chi connectivity index (χ1v) is 13.7. The largest absolute Gasteiger partial charge is 0.446 e. The second kappa shape index (κ2) is 10.5. The van der Waals surface area contributed by atoms with Gasteiger partial charge in [0.15, 0.2) is 0 Å². The number of nitrogens with two attached hydrogens (primary N) is 1. The number of hydrogen-bond donors (Lipinski definition) is 3. The van der Waals surface area contributed by atoms with Crippen LogP contribution in [0.1, 0.15) is 91.4 Å². The molecule has 0 aromatic heterocycles. The van der Waals surface area contributed by atoms with Gasteiger partial charge >= 0.3 is 6.09 Å². The quantitative estimate of drug-likeness (QED) is 0.467. The molecule has 6 nitrogen and oxygen atoms in total. The molecule has 0 radical (unpaired) electrons. The summed E-state index contributed by atoms with van der Waals surface area (Å²) >= 11 is 0. The molecular weight excluding hydrogens is 487 g/mol. The average Bonchev–Trinajstić information content (AvgIpc) is 3.06. The summed E-state index contributed by atoms with van der Waals surface area (Å²) in [5.41, 5.74) is 7.50. The van der Waals surface area contributed by atoms with Crippen molar-refractivity contribution < 1.29 is 19.7 Å². The summed E-state index contributed by atoms with van der Waals surface area (Å²) in [6.45, 7) is 8.04. The zero-order valence-electron chi connectivity index (χ0n) is 21.8. The highest BCUT2D eigenvalue weighted by atomic mass is 35.5. The number of carbonyl (C=O) groups is 1. The standard InChI is InChI=1S/C27H46N2O4.2ClH/c1-17(30)21-8-13-27(28)23-5-4-18-16-20(33-24(32)29-14-9-19(31)10-15-29)6-11-25(18,2)22(23)7-12-26(21,27)3;;/h17-23,30-31H,4-16,28H2,1-3H3;2*1H/t17-,18?,20-,21+,22-,23+,25-,26+,27-;;/m0../s1. The molecule has 5 rings (SSSR count). The van der Waals surface area contributed by atoms with Gasteiger partial charge in [-0.3, -0.25) is 0 Å². The van der Waals surface area contributed by atoms with Gasteiger partial charge in [-0.15, -0.1) is 24.8 Å². The number of aliphatic hydroxyl groups excluding tert-OH is 2. The Bertz CT molecular complexity index is 763. The Morgan fingerprint density at radius 1 is 0.971 bits per heavy atom. The van der Waals surface area contributed by atoms with Crippen molar-refractivity contribution in [1.29, 1.82) is 0 Å². The SMILES string of the molecule is C[C@H](O)[C@H]1CC[C@]2(N)[C@@H]3CCC4C[C@@H](OC(=O)N5CCC(O)CC5)CC[C@]4(C)[C@H]3CC[C@]12C.Cl.Cl. The van der Waals surface area contributed by atoms with E-state index in [0.29, 0.717) is 49.6 Å². The van der Waals surface area contributed by atoms with Crippen LogP contribution < -0.4 is 5.73 Å². The third-order valence-corrected chi connectivity index (χ3v) is 11.6. The van der Waals surface area contributed by atoms with E-state index in [0.717, 1.165) is 38.5 Å². The van der Waals surface area contributed by atoms with Gasteiger partial charge in [-0.05, 0) is 112 Å². The van der Waals surface area contributed by atoms with Crippen molar-refractivity contribution in [2.75, 3.05) is 13.1 Å². The van der Waals surface area contributed by atoms with Gasteiger partial charge in [0.05, 0.1) is 12.2 Å². The summed E-state index contributed by atoms with van der Waals surface area (Å²) in [6, 6.07) is 0. The minimum atomic E-state index is -0.280. The number of hydrogen-bond acceptors (Lipinski definition) is 5. The number of rotatable bonds is 2. The van der Waals surface area contributed by atoms with Crippen LogP contribution in [0.5, 0.6) is 0 Å². The molecule has 35 heavy (non-hydrogen) atoms. The van der Waals surface area contributed by atoms with Gasteiger partial charge in [0.1, 0.15) is 6.10 Å². The lowest BCUT2D eigenvalue weighted by molar-refractivity contribution is -0.142. The van der Waals surface area contributed by atoms with Crippen LogP contribution in [-0.4, -0.2) is 58.1 Å². The fourth-order valence-electron chi connectivity index (χ4n) is 9.48. The fourth-order valence-corrected chi connectivity index (χ4v) is 9.48. The summed E-state index contributed by atoms with van der Waals surface area (Å²) in [4.78, 5) is 14.5. The second-order valence-corrected chi connectivity index (χ2v) is 12.9. The molecule has 8 heteroatoms. The number of nitrogens with zero attached hydrogens (tertiary/aromatic N) is 1. The van der Waals surface area contributed by atoms with Gasteiger partial charge in [-0.25, -0.2) is 4.79 Å². The van der Waals surface area contributed by atoms with Gasteiger partial charge in [0.2, 0.25) is 0 Å². The predicted molar refractivity (Wildman–Crippen MR) is 142 cm³/mol. The molecule has 0 bridgehead atoms. The van der Waals surface area contributed by atoms with Crippen LogP contribution in [0.25, 0.3) is 0 Å². The predicted octanol–water partition coefficient (Wildman–Crippen LogP) is 4.91. The van der Waals surface area contributed by atoms with Crippen molar-refractivity contribution in [3.8, 4) is 0 Å². The molecule has 1 saturated heterocycles. The summed E-state index contributed by atoms with van der Waals surface area (Å²) in [5, 5.41) is 20.2. The van der Waals surface area contributed by atoms with E-state index in [1.165, 1.54) is 19.3 Å². The van der Waals surface area contributed by atoms with Crippen LogP contribution in [0.15, 0.2) is 0 Å². The molecule has 1 unspecified atom stereocenters. The van der Waals surface area contributed by atoms with E-state index < -0.39 is 0 Å². The Balaban J connectivity index is 0.00000171. The zero-order valence-corrected chi connectivity index (χ0v) is 23.4. The third kappa shape index (κ3) is 4.62. The van der Waals surface area contributed by atoms with Gasteiger partial charge < -0.3 is 25.6 Å². The molecule has 1 amide bonds. The Morgan fingerprint density at radius 2 is 1.66 bits per heavy atom. The Kier molecular flexibility index (Phi) is 8.77. The molecule has 4 saturated carbocycles. The highest BCUT2D eigenvalue weighted by Crippen LogP contribution is 2.68. The van der Waals surface area contributed by atoms with Gasteiger partial charge in [0.25, 0.3) is 0 Å². The summed E-state index contributed by atoms with van der Waals surface area (Å²) in [5.74, 6) is 2.10. The number of ether oxygens (including phenoxy) is 1. The van der Waals surface area contributed by atoms with Crippen LogP contribution in [0.3, 0.4) is 0 Å². The van der Waals surface area contributed by atoms with Gasteiger partial charge in [-0.1, -0.05) is 13.8 Å². The number of amides is 1. The molecule has 1 aliphatic heterocycles. The molecule has 204 valence electrons. The van der Waals surface area contributed by atoms with Crippen LogP contribution in [-0.2, 0) is 4.74 Å². The normalized spacial score (nSPS) is 46.2. The van der Waals surface area contributed by atoms with E-state index in [-0.39, 0.29) is 65.6 Å². The molecule has 0 aromatic rings. The van der Waals surface area contributed by atoms with Gasteiger partial charge in [-0.2, -0.15) is 0 Å². The van der Waals surface area contributed by atoms with E-state index in [1.807, 2.05) is 6.92 Å². The number of likely N-dealkylation sites (tertiary alicyclic amines) is 1. The smallest absolute Gasteiger partial charge is 0.410 e. The number of aliphatic hydroxyl groups is 2. The molecule has 1 heterocycles. The molecule has 9 atom stereocenters. The maximum Gasteiger partial charge on any atom is 0.410 e. The minimum Gasteiger partial charge on any atom is -0.446 e.